The van der Waals surface area contributed by atoms with Gasteiger partial charge in [-0.2, -0.15) is 0 Å². The van der Waals surface area contributed by atoms with Crippen molar-refractivity contribution in [3.63, 3.8) is 0 Å². The molecule has 0 radical (unpaired) electrons. The molecular weight excluding hydrogens is 243 g/mol. The molecule has 3 heteroatoms. The maximum Gasteiger partial charge on any atom is 0.143 e. The Morgan fingerprint density at radius 1 is 1.38 bits per heavy atom. The summed E-state index contributed by atoms with van der Waals surface area (Å²) in [5.74, 6) is 0.754. The molecule has 16 heavy (non-hydrogen) atoms. The van der Waals surface area contributed by atoms with Crippen molar-refractivity contribution in [2.45, 2.75) is 26.2 Å². The van der Waals surface area contributed by atoms with Gasteiger partial charge in [-0.25, -0.2) is 0 Å². The average Bonchev–Trinajstić information content (AvgIpc) is 2.48. The molecule has 86 valence electrons. The first-order valence-corrected chi connectivity index (χ1v) is 6.16. The van der Waals surface area contributed by atoms with Crippen LogP contribution in [0.25, 0.3) is 5.57 Å². The Hall–Kier alpha value is -0.660. The topological polar surface area (TPSA) is 9.23 Å². The molecule has 0 fully saturated rings. The maximum atomic E-state index is 6.17. The molecule has 1 aliphatic rings. The first kappa shape index (κ1) is 11.8. The van der Waals surface area contributed by atoms with Gasteiger partial charge in [0.1, 0.15) is 10.8 Å². The van der Waals surface area contributed by atoms with Gasteiger partial charge in [0.2, 0.25) is 0 Å². The van der Waals surface area contributed by atoms with Crippen LogP contribution in [0, 0.1) is 0 Å². The molecule has 2 rings (SSSR count). The Balaban J connectivity index is 2.64. The van der Waals surface area contributed by atoms with Gasteiger partial charge in [-0.05, 0) is 37.8 Å². The third-order valence-corrected chi connectivity index (χ3v) is 3.58. The van der Waals surface area contributed by atoms with Gasteiger partial charge in [0, 0.05) is 5.56 Å². The van der Waals surface area contributed by atoms with E-state index in [4.69, 9.17) is 27.9 Å². The number of ether oxygens (including phenoxy) is 1. The highest BCUT2D eigenvalue weighted by atomic mass is 35.5. The summed E-state index contributed by atoms with van der Waals surface area (Å²) >= 11 is 12.3. The van der Waals surface area contributed by atoms with Crippen molar-refractivity contribution in [3.8, 4) is 5.75 Å². The molecule has 0 amide bonds. The number of benzene rings is 1. The molecule has 0 N–H and O–H groups in total. The molecule has 1 heterocycles. The Bertz CT molecular complexity index is 438. The number of fused-ring (bicyclic) bond motifs is 1. The van der Waals surface area contributed by atoms with Crippen LogP contribution >= 0.6 is 23.2 Å². The normalized spacial score (nSPS) is 14.9. The summed E-state index contributed by atoms with van der Waals surface area (Å²) in [5.41, 5.74) is 3.23. The Morgan fingerprint density at radius 3 is 2.81 bits per heavy atom. The van der Waals surface area contributed by atoms with Crippen LogP contribution in [0.1, 0.15) is 30.9 Å². The lowest BCUT2D eigenvalue weighted by atomic mass is 9.97. The predicted molar refractivity (Wildman–Crippen MR) is 69.6 cm³/mol. The van der Waals surface area contributed by atoms with Crippen molar-refractivity contribution in [2.24, 2.45) is 0 Å². The van der Waals surface area contributed by atoms with Crippen molar-refractivity contribution in [1.82, 2.24) is 0 Å². The summed E-state index contributed by atoms with van der Waals surface area (Å²) in [5, 5.41) is 1.07. The van der Waals surface area contributed by atoms with E-state index in [2.05, 4.69) is 6.58 Å². The van der Waals surface area contributed by atoms with E-state index in [1.807, 2.05) is 13.0 Å². The molecule has 0 bridgehead atoms. The molecule has 1 aromatic carbocycles. The fraction of sp³-hybridized carbons (Fsp3) is 0.385. The molecule has 0 saturated carbocycles. The summed E-state index contributed by atoms with van der Waals surface area (Å²) < 4.78 is 5.69. The van der Waals surface area contributed by atoms with Crippen molar-refractivity contribution < 1.29 is 4.74 Å². The van der Waals surface area contributed by atoms with Gasteiger partial charge in [0.25, 0.3) is 0 Å². The molecule has 0 unspecified atom stereocenters. The number of allylic oxidation sites excluding steroid dienone is 1. The highest BCUT2D eigenvalue weighted by Gasteiger charge is 2.19. The highest BCUT2D eigenvalue weighted by molar-refractivity contribution is 6.43. The van der Waals surface area contributed by atoms with Crippen LogP contribution in [0.2, 0.25) is 10.0 Å². The van der Waals surface area contributed by atoms with Gasteiger partial charge in [0.05, 0.1) is 11.6 Å². The minimum Gasteiger partial charge on any atom is -0.492 e. The summed E-state index contributed by atoms with van der Waals surface area (Å²) in [6.07, 6.45) is 3.15. The Labute approximate surface area is 106 Å². The van der Waals surface area contributed by atoms with Crippen LogP contribution in [0.4, 0.5) is 0 Å². The van der Waals surface area contributed by atoms with Gasteiger partial charge in [-0.1, -0.05) is 35.4 Å². The molecule has 0 atom stereocenters. The van der Waals surface area contributed by atoms with Crippen molar-refractivity contribution in [1.29, 1.82) is 0 Å². The van der Waals surface area contributed by atoms with E-state index in [9.17, 15) is 0 Å². The fourth-order valence-corrected chi connectivity index (χ4v) is 2.42. The zero-order valence-corrected chi connectivity index (χ0v) is 10.8. The quantitative estimate of drug-likeness (QED) is 0.705. The van der Waals surface area contributed by atoms with Crippen LogP contribution < -0.4 is 4.74 Å². The van der Waals surface area contributed by atoms with Gasteiger partial charge < -0.3 is 4.74 Å². The molecule has 0 aromatic heterocycles. The first-order chi connectivity index (χ1) is 7.61. The van der Waals surface area contributed by atoms with Crippen molar-refractivity contribution in [3.05, 3.63) is 33.8 Å². The Kier molecular flexibility index (Phi) is 3.46. The molecular formula is C13H14Cl2O. The second-order valence-corrected chi connectivity index (χ2v) is 4.90. The zero-order chi connectivity index (χ0) is 11.7. The second-order valence-electron chi connectivity index (χ2n) is 4.11. The lowest BCUT2D eigenvalue weighted by molar-refractivity contribution is 0.317. The predicted octanol–water partition coefficient (Wildman–Crippen LogP) is 4.74. The SMILES string of the molecule is C=C(C)c1cc(Cl)c(Cl)c2c1CCCCO2. The third kappa shape index (κ3) is 2.07. The summed E-state index contributed by atoms with van der Waals surface area (Å²) in [6.45, 7) is 6.67. The Morgan fingerprint density at radius 2 is 2.12 bits per heavy atom. The van der Waals surface area contributed by atoms with E-state index in [0.29, 0.717) is 16.7 Å². The smallest absolute Gasteiger partial charge is 0.143 e. The molecule has 0 spiro atoms. The molecule has 1 aliphatic heterocycles. The molecule has 1 nitrogen and oxygen atoms in total. The van der Waals surface area contributed by atoms with E-state index in [1.54, 1.807) is 0 Å². The van der Waals surface area contributed by atoms with E-state index < -0.39 is 0 Å². The van der Waals surface area contributed by atoms with Crippen LogP contribution in [0.5, 0.6) is 5.75 Å². The molecule has 0 saturated heterocycles. The summed E-state index contributed by atoms with van der Waals surface area (Å²) in [7, 11) is 0. The lowest BCUT2D eigenvalue weighted by Crippen LogP contribution is -1.98. The van der Waals surface area contributed by atoms with Crippen LogP contribution in [0.15, 0.2) is 12.6 Å². The molecule has 0 aliphatic carbocycles. The maximum absolute atomic E-state index is 6.17. The van der Waals surface area contributed by atoms with E-state index in [-0.39, 0.29) is 0 Å². The number of rotatable bonds is 1. The standard InChI is InChI=1S/C13H14Cl2O/c1-8(2)10-7-11(14)12(15)13-9(10)5-3-4-6-16-13/h7H,1,3-6H2,2H3. The first-order valence-electron chi connectivity index (χ1n) is 5.41. The van der Waals surface area contributed by atoms with Gasteiger partial charge in [-0.3, -0.25) is 0 Å². The zero-order valence-electron chi connectivity index (χ0n) is 9.28. The highest BCUT2D eigenvalue weighted by Crippen LogP contribution is 2.41. The minimum atomic E-state index is 0.531. The van der Waals surface area contributed by atoms with Crippen LogP contribution in [0.3, 0.4) is 0 Å². The van der Waals surface area contributed by atoms with Gasteiger partial charge in [0.15, 0.2) is 0 Å². The number of halogens is 2. The second kappa shape index (κ2) is 4.68. The van der Waals surface area contributed by atoms with E-state index in [1.165, 1.54) is 0 Å². The monoisotopic (exact) mass is 256 g/mol. The largest absolute Gasteiger partial charge is 0.492 e. The summed E-state index contributed by atoms with van der Waals surface area (Å²) in [4.78, 5) is 0. The van der Waals surface area contributed by atoms with Gasteiger partial charge >= 0.3 is 0 Å². The third-order valence-electron chi connectivity index (χ3n) is 2.81. The fourth-order valence-electron chi connectivity index (χ4n) is 2.00. The van der Waals surface area contributed by atoms with Crippen molar-refractivity contribution >= 4 is 28.8 Å². The average molecular weight is 257 g/mol. The lowest BCUT2D eigenvalue weighted by Gasteiger charge is -2.15. The number of hydrogen-bond donors (Lipinski definition) is 0. The van der Waals surface area contributed by atoms with Crippen LogP contribution in [-0.2, 0) is 6.42 Å². The van der Waals surface area contributed by atoms with Gasteiger partial charge in [-0.15, -0.1) is 0 Å². The summed E-state index contributed by atoms with van der Waals surface area (Å²) in [6, 6.07) is 1.89. The van der Waals surface area contributed by atoms with E-state index >= 15 is 0 Å². The van der Waals surface area contributed by atoms with Crippen LogP contribution in [-0.4, -0.2) is 6.61 Å². The number of hydrogen-bond acceptors (Lipinski definition) is 1. The minimum absolute atomic E-state index is 0.531. The van der Waals surface area contributed by atoms with E-state index in [0.717, 1.165) is 41.7 Å². The molecule has 1 aromatic rings. The van der Waals surface area contributed by atoms with Crippen molar-refractivity contribution in [2.75, 3.05) is 6.61 Å².